The molecular formula is C21H32N2O. The van der Waals surface area contributed by atoms with E-state index in [4.69, 9.17) is 0 Å². The van der Waals surface area contributed by atoms with Crippen LogP contribution in [-0.4, -0.2) is 17.0 Å². The van der Waals surface area contributed by atoms with Crippen molar-refractivity contribution in [1.29, 1.82) is 0 Å². The van der Waals surface area contributed by atoms with Crippen LogP contribution >= 0.6 is 0 Å². The first-order valence-electron chi connectivity index (χ1n) is 9.56. The first-order valence-corrected chi connectivity index (χ1v) is 9.56. The summed E-state index contributed by atoms with van der Waals surface area (Å²) in [7, 11) is 1.99. The van der Waals surface area contributed by atoms with Gasteiger partial charge in [-0.3, -0.25) is 4.79 Å². The average molecular weight is 329 g/mol. The van der Waals surface area contributed by atoms with Crippen LogP contribution in [0.2, 0.25) is 0 Å². The second-order valence-corrected chi connectivity index (χ2v) is 6.75. The number of rotatable bonds is 11. The summed E-state index contributed by atoms with van der Waals surface area (Å²) in [6.07, 6.45) is 13.7. The molecule has 0 radical (unpaired) electrons. The molecule has 0 aliphatic rings. The Morgan fingerprint density at radius 3 is 2.33 bits per heavy atom. The van der Waals surface area contributed by atoms with Gasteiger partial charge in [-0.05, 0) is 18.6 Å². The Balaban J connectivity index is 1.64. The Kier molecular flexibility index (Phi) is 7.87. The Hall–Kier alpha value is -1.77. The number of nitrogens with zero attached hydrogens (tertiary/aromatic N) is 1. The number of amides is 1. The van der Waals surface area contributed by atoms with Gasteiger partial charge in [0.05, 0.1) is 11.1 Å². The van der Waals surface area contributed by atoms with Gasteiger partial charge in [-0.25, -0.2) is 0 Å². The number of nitrogens with one attached hydrogen (secondary N) is 1. The quantitative estimate of drug-likeness (QED) is 0.548. The van der Waals surface area contributed by atoms with Gasteiger partial charge in [0.25, 0.3) is 5.91 Å². The number of aryl methyl sites for hydroxylation is 1. The van der Waals surface area contributed by atoms with E-state index < -0.39 is 0 Å². The minimum absolute atomic E-state index is 0.0435. The predicted octanol–water partition coefficient (Wildman–Crippen LogP) is 5.44. The molecule has 0 bridgehead atoms. The lowest BCUT2D eigenvalue weighted by Crippen LogP contribution is -2.25. The zero-order valence-corrected chi connectivity index (χ0v) is 15.3. The third-order valence-electron chi connectivity index (χ3n) is 4.71. The highest BCUT2D eigenvalue weighted by atomic mass is 16.1. The SMILES string of the molecule is CCCCCCCCCCCNC(=O)c1cccc2ccn(C)c12. The number of carbonyl (C=O) groups is 1. The topological polar surface area (TPSA) is 34.0 Å². The number of carbonyl (C=O) groups excluding carboxylic acids is 1. The molecule has 0 saturated carbocycles. The number of aromatic nitrogens is 1. The van der Waals surface area contributed by atoms with Crippen LogP contribution in [0.4, 0.5) is 0 Å². The van der Waals surface area contributed by atoms with E-state index in [2.05, 4.69) is 12.2 Å². The first kappa shape index (κ1) is 18.6. The molecule has 1 amide bonds. The monoisotopic (exact) mass is 328 g/mol. The maximum atomic E-state index is 12.4. The van der Waals surface area contributed by atoms with Crippen molar-refractivity contribution >= 4 is 16.8 Å². The van der Waals surface area contributed by atoms with Gasteiger partial charge in [0.1, 0.15) is 0 Å². The van der Waals surface area contributed by atoms with Crippen molar-refractivity contribution in [3.8, 4) is 0 Å². The number of fused-ring (bicyclic) bond motifs is 1. The molecule has 2 rings (SSSR count). The molecule has 0 fully saturated rings. The van der Waals surface area contributed by atoms with E-state index in [1.165, 1.54) is 51.4 Å². The molecule has 1 aromatic carbocycles. The van der Waals surface area contributed by atoms with Gasteiger partial charge in [-0.2, -0.15) is 0 Å². The molecule has 1 N–H and O–H groups in total. The van der Waals surface area contributed by atoms with Gasteiger partial charge >= 0.3 is 0 Å². The molecule has 2 aromatic rings. The molecule has 0 unspecified atom stereocenters. The highest BCUT2D eigenvalue weighted by Gasteiger charge is 2.11. The molecule has 24 heavy (non-hydrogen) atoms. The number of unbranched alkanes of at least 4 members (excludes halogenated alkanes) is 8. The van der Waals surface area contributed by atoms with Crippen molar-refractivity contribution in [1.82, 2.24) is 9.88 Å². The van der Waals surface area contributed by atoms with E-state index in [-0.39, 0.29) is 5.91 Å². The summed E-state index contributed by atoms with van der Waals surface area (Å²) in [5.41, 5.74) is 1.79. The maximum Gasteiger partial charge on any atom is 0.253 e. The zero-order chi connectivity index (χ0) is 17.2. The fourth-order valence-corrected chi connectivity index (χ4v) is 3.27. The second-order valence-electron chi connectivity index (χ2n) is 6.75. The van der Waals surface area contributed by atoms with Crippen molar-refractivity contribution in [3.63, 3.8) is 0 Å². The summed E-state index contributed by atoms with van der Waals surface area (Å²) in [6.45, 7) is 3.03. The summed E-state index contributed by atoms with van der Waals surface area (Å²) < 4.78 is 2.02. The van der Waals surface area contributed by atoms with Crippen LogP contribution in [0.15, 0.2) is 30.5 Å². The molecule has 3 heteroatoms. The third-order valence-corrected chi connectivity index (χ3v) is 4.71. The Morgan fingerprint density at radius 2 is 1.62 bits per heavy atom. The van der Waals surface area contributed by atoms with Crippen molar-refractivity contribution < 1.29 is 4.79 Å². The summed E-state index contributed by atoms with van der Waals surface area (Å²) >= 11 is 0. The van der Waals surface area contributed by atoms with Crippen LogP contribution in [0.25, 0.3) is 10.9 Å². The predicted molar refractivity (Wildman–Crippen MR) is 102 cm³/mol. The first-order chi connectivity index (χ1) is 11.7. The zero-order valence-electron chi connectivity index (χ0n) is 15.3. The highest BCUT2D eigenvalue weighted by molar-refractivity contribution is 6.05. The van der Waals surface area contributed by atoms with Crippen LogP contribution in [-0.2, 0) is 7.05 Å². The van der Waals surface area contributed by atoms with Crippen molar-refractivity contribution in [2.24, 2.45) is 7.05 Å². The maximum absolute atomic E-state index is 12.4. The molecule has 0 spiro atoms. The Bertz CT molecular complexity index is 630. The standard InChI is InChI=1S/C21H32N2O/c1-3-4-5-6-7-8-9-10-11-16-22-21(24)19-14-12-13-18-15-17-23(2)20(18)19/h12-15,17H,3-11,16H2,1-2H3,(H,22,24). The molecule has 0 aliphatic heterocycles. The fourth-order valence-electron chi connectivity index (χ4n) is 3.27. The van der Waals surface area contributed by atoms with Crippen LogP contribution in [0, 0.1) is 0 Å². The van der Waals surface area contributed by atoms with Gasteiger partial charge in [-0.15, -0.1) is 0 Å². The number of hydrogen-bond donors (Lipinski definition) is 1. The van der Waals surface area contributed by atoms with Crippen LogP contribution in [0.1, 0.15) is 75.1 Å². The number of hydrogen-bond acceptors (Lipinski definition) is 1. The van der Waals surface area contributed by atoms with Crippen LogP contribution in [0.5, 0.6) is 0 Å². The normalized spacial score (nSPS) is 11.1. The summed E-state index contributed by atoms with van der Waals surface area (Å²) in [5, 5.41) is 4.19. The van der Waals surface area contributed by atoms with E-state index in [1.807, 2.05) is 42.1 Å². The molecule has 0 aliphatic carbocycles. The lowest BCUT2D eigenvalue weighted by atomic mass is 10.1. The van der Waals surface area contributed by atoms with Gasteiger partial charge in [0.15, 0.2) is 0 Å². The number of para-hydroxylation sites is 1. The molecule has 1 heterocycles. The van der Waals surface area contributed by atoms with Crippen LogP contribution < -0.4 is 5.32 Å². The van der Waals surface area contributed by atoms with E-state index >= 15 is 0 Å². The molecule has 132 valence electrons. The van der Waals surface area contributed by atoms with Gasteiger partial charge < -0.3 is 9.88 Å². The minimum atomic E-state index is 0.0435. The van der Waals surface area contributed by atoms with E-state index in [9.17, 15) is 4.79 Å². The van der Waals surface area contributed by atoms with E-state index in [1.54, 1.807) is 0 Å². The second kappa shape index (κ2) is 10.2. The molecule has 3 nitrogen and oxygen atoms in total. The smallest absolute Gasteiger partial charge is 0.253 e. The molecular weight excluding hydrogens is 296 g/mol. The third kappa shape index (κ3) is 5.40. The largest absolute Gasteiger partial charge is 0.352 e. The molecule has 0 saturated heterocycles. The van der Waals surface area contributed by atoms with Crippen molar-refractivity contribution in [2.45, 2.75) is 64.7 Å². The van der Waals surface area contributed by atoms with E-state index in [0.717, 1.165) is 29.4 Å². The molecule has 0 atom stereocenters. The lowest BCUT2D eigenvalue weighted by Gasteiger charge is -2.08. The Morgan fingerprint density at radius 1 is 0.958 bits per heavy atom. The Labute approximate surface area is 146 Å². The number of benzene rings is 1. The van der Waals surface area contributed by atoms with Gasteiger partial charge in [-0.1, -0.05) is 70.4 Å². The highest BCUT2D eigenvalue weighted by Crippen LogP contribution is 2.19. The van der Waals surface area contributed by atoms with E-state index in [0.29, 0.717) is 0 Å². The summed E-state index contributed by atoms with van der Waals surface area (Å²) in [6, 6.07) is 7.96. The minimum Gasteiger partial charge on any atom is -0.352 e. The summed E-state index contributed by atoms with van der Waals surface area (Å²) in [5.74, 6) is 0.0435. The van der Waals surface area contributed by atoms with Gasteiger partial charge in [0, 0.05) is 25.2 Å². The van der Waals surface area contributed by atoms with Crippen LogP contribution in [0.3, 0.4) is 0 Å². The van der Waals surface area contributed by atoms with Crippen molar-refractivity contribution in [2.75, 3.05) is 6.54 Å². The lowest BCUT2D eigenvalue weighted by molar-refractivity contribution is 0.0954. The molecule has 1 aromatic heterocycles. The van der Waals surface area contributed by atoms with Crippen molar-refractivity contribution in [3.05, 3.63) is 36.0 Å². The fraction of sp³-hybridized carbons (Fsp3) is 0.571. The van der Waals surface area contributed by atoms with Gasteiger partial charge in [0.2, 0.25) is 0 Å². The average Bonchev–Trinajstić information content (AvgIpc) is 2.98. The summed E-state index contributed by atoms with van der Waals surface area (Å²) in [4.78, 5) is 12.4.